The third-order valence-electron chi connectivity index (χ3n) is 4.37. The maximum Gasteiger partial charge on any atom is 0.410 e. The van der Waals surface area contributed by atoms with Crippen LogP contribution in [0.15, 0.2) is 0 Å². The number of amides is 1. The van der Waals surface area contributed by atoms with Crippen LogP contribution in [0.25, 0.3) is 0 Å². The van der Waals surface area contributed by atoms with Gasteiger partial charge in [0, 0.05) is 13.1 Å². The van der Waals surface area contributed by atoms with Crippen molar-refractivity contribution in [3.8, 4) is 0 Å². The van der Waals surface area contributed by atoms with E-state index in [1.807, 2.05) is 20.8 Å². The van der Waals surface area contributed by atoms with Crippen molar-refractivity contribution < 1.29 is 19.4 Å². The van der Waals surface area contributed by atoms with Gasteiger partial charge in [-0.3, -0.25) is 4.79 Å². The standard InChI is InChI=1S/C15H25NO4/c1-15(2,3)20-14(19)16-7-6-10-8-11(13(17)18)4-5-12(10)9-16/h10-12H,4-9H2,1-3H3,(H,17,18). The van der Waals surface area contributed by atoms with Crippen molar-refractivity contribution in [1.82, 2.24) is 4.90 Å². The van der Waals surface area contributed by atoms with Crippen molar-refractivity contribution in [3.05, 3.63) is 0 Å². The van der Waals surface area contributed by atoms with Gasteiger partial charge >= 0.3 is 12.1 Å². The van der Waals surface area contributed by atoms with Crippen LogP contribution < -0.4 is 0 Å². The second-order valence-electron chi connectivity index (χ2n) is 7.08. The number of aliphatic carboxylic acids is 1. The third kappa shape index (κ3) is 3.64. The molecule has 1 saturated carbocycles. The fourth-order valence-corrected chi connectivity index (χ4v) is 3.33. The molecule has 2 fully saturated rings. The molecule has 20 heavy (non-hydrogen) atoms. The van der Waals surface area contributed by atoms with Crippen LogP contribution in [-0.4, -0.2) is 40.8 Å². The van der Waals surface area contributed by atoms with Crippen LogP contribution in [0.3, 0.4) is 0 Å². The Bertz CT molecular complexity index is 388. The number of likely N-dealkylation sites (tertiary alicyclic amines) is 1. The lowest BCUT2D eigenvalue weighted by atomic mass is 9.71. The molecule has 3 atom stereocenters. The zero-order valence-electron chi connectivity index (χ0n) is 12.6. The Kier molecular flexibility index (Phi) is 4.25. The van der Waals surface area contributed by atoms with Crippen LogP contribution in [-0.2, 0) is 9.53 Å². The molecule has 0 aromatic carbocycles. The predicted octanol–water partition coefficient (Wildman–Crippen LogP) is 2.74. The fourth-order valence-electron chi connectivity index (χ4n) is 3.33. The van der Waals surface area contributed by atoms with Crippen LogP contribution in [0.4, 0.5) is 4.79 Å². The van der Waals surface area contributed by atoms with Crippen LogP contribution in [0.1, 0.15) is 46.5 Å². The molecule has 2 rings (SSSR count). The van der Waals surface area contributed by atoms with Gasteiger partial charge in [0.15, 0.2) is 0 Å². The van der Waals surface area contributed by atoms with Gasteiger partial charge in [-0.05, 0) is 58.3 Å². The van der Waals surface area contributed by atoms with E-state index in [9.17, 15) is 9.59 Å². The molecular weight excluding hydrogens is 258 g/mol. The first kappa shape index (κ1) is 15.1. The van der Waals surface area contributed by atoms with Crippen molar-refractivity contribution in [2.24, 2.45) is 17.8 Å². The maximum atomic E-state index is 12.1. The Morgan fingerprint density at radius 1 is 1.15 bits per heavy atom. The van der Waals surface area contributed by atoms with E-state index in [0.717, 1.165) is 25.7 Å². The molecule has 5 nitrogen and oxygen atoms in total. The summed E-state index contributed by atoms with van der Waals surface area (Å²) >= 11 is 0. The largest absolute Gasteiger partial charge is 0.481 e. The first-order valence-electron chi connectivity index (χ1n) is 7.47. The number of rotatable bonds is 1. The topological polar surface area (TPSA) is 66.8 Å². The number of carbonyl (C=O) groups excluding carboxylic acids is 1. The summed E-state index contributed by atoms with van der Waals surface area (Å²) in [4.78, 5) is 24.9. The minimum absolute atomic E-state index is 0.190. The molecule has 0 aromatic rings. The minimum Gasteiger partial charge on any atom is -0.481 e. The smallest absolute Gasteiger partial charge is 0.410 e. The van der Waals surface area contributed by atoms with E-state index in [-0.39, 0.29) is 12.0 Å². The van der Waals surface area contributed by atoms with Crippen LogP contribution in [0, 0.1) is 17.8 Å². The molecule has 1 saturated heterocycles. The lowest BCUT2D eigenvalue weighted by molar-refractivity contribution is -0.144. The zero-order valence-corrected chi connectivity index (χ0v) is 12.6. The second-order valence-corrected chi connectivity index (χ2v) is 7.08. The third-order valence-corrected chi connectivity index (χ3v) is 4.37. The van der Waals surface area contributed by atoms with E-state index in [1.165, 1.54) is 0 Å². The van der Waals surface area contributed by atoms with Gasteiger partial charge in [0.2, 0.25) is 0 Å². The number of nitrogens with zero attached hydrogens (tertiary/aromatic N) is 1. The summed E-state index contributed by atoms with van der Waals surface area (Å²) < 4.78 is 5.41. The van der Waals surface area contributed by atoms with Gasteiger partial charge in [-0.2, -0.15) is 0 Å². The van der Waals surface area contributed by atoms with Gasteiger partial charge < -0.3 is 14.7 Å². The van der Waals surface area contributed by atoms with E-state index >= 15 is 0 Å². The highest BCUT2D eigenvalue weighted by molar-refractivity contribution is 5.70. The fraction of sp³-hybridized carbons (Fsp3) is 0.867. The summed E-state index contributed by atoms with van der Waals surface area (Å²) in [6.07, 6.45) is 3.06. The van der Waals surface area contributed by atoms with E-state index in [4.69, 9.17) is 9.84 Å². The molecule has 1 aliphatic heterocycles. The lowest BCUT2D eigenvalue weighted by Gasteiger charge is -2.42. The number of piperidine rings is 1. The van der Waals surface area contributed by atoms with E-state index in [0.29, 0.717) is 24.9 Å². The van der Waals surface area contributed by atoms with Crippen LogP contribution in [0.5, 0.6) is 0 Å². The molecule has 0 radical (unpaired) electrons. The summed E-state index contributed by atoms with van der Waals surface area (Å²) in [5, 5.41) is 9.11. The predicted molar refractivity (Wildman–Crippen MR) is 74.4 cm³/mol. The molecular formula is C15H25NO4. The lowest BCUT2D eigenvalue weighted by Crippen LogP contribution is -2.47. The monoisotopic (exact) mass is 283 g/mol. The molecule has 0 spiro atoms. The second kappa shape index (κ2) is 5.62. The molecule has 1 heterocycles. The van der Waals surface area contributed by atoms with E-state index < -0.39 is 11.6 Å². The first-order valence-corrected chi connectivity index (χ1v) is 7.47. The zero-order chi connectivity index (χ0) is 14.9. The molecule has 1 aliphatic carbocycles. The summed E-state index contributed by atoms with van der Waals surface area (Å²) in [6, 6.07) is 0. The highest BCUT2D eigenvalue weighted by Crippen LogP contribution is 2.39. The molecule has 5 heteroatoms. The number of carboxylic acid groups (broad SMARTS) is 1. The molecule has 3 unspecified atom stereocenters. The van der Waals surface area contributed by atoms with Gasteiger partial charge in [0.05, 0.1) is 5.92 Å². The Hall–Kier alpha value is -1.26. The maximum absolute atomic E-state index is 12.1. The summed E-state index contributed by atoms with van der Waals surface area (Å²) in [6.45, 7) is 7.01. The molecule has 0 aromatic heterocycles. The number of fused-ring (bicyclic) bond motifs is 1. The van der Waals surface area contributed by atoms with Gasteiger partial charge in [-0.25, -0.2) is 4.79 Å². The average molecular weight is 283 g/mol. The summed E-state index contributed by atoms with van der Waals surface area (Å²) in [7, 11) is 0. The number of hydrogen-bond acceptors (Lipinski definition) is 3. The Labute approximate surface area is 120 Å². The molecule has 1 N–H and O–H groups in total. The van der Waals surface area contributed by atoms with Crippen LogP contribution in [0.2, 0.25) is 0 Å². The average Bonchev–Trinajstić information content (AvgIpc) is 2.35. The van der Waals surface area contributed by atoms with Crippen molar-refractivity contribution in [1.29, 1.82) is 0 Å². The number of ether oxygens (including phenoxy) is 1. The number of carboxylic acids is 1. The molecule has 2 aliphatic rings. The normalized spacial score (nSPS) is 30.6. The van der Waals surface area contributed by atoms with Crippen molar-refractivity contribution in [2.75, 3.05) is 13.1 Å². The van der Waals surface area contributed by atoms with Crippen molar-refractivity contribution >= 4 is 12.1 Å². The van der Waals surface area contributed by atoms with Gasteiger partial charge in [0.1, 0.15) is 5.60 Å². The molecule has 114 valence electrons. The Balaban J connectivity index is 1.90. The SMILES string of the molecule is CC(C)(C)OC(=O)N1CCC2CC(C(=O)O)CCC2C1. The quantitative estimate of drug-likeness (QED) is 0.803. The number of hydrogen-bond donors (Lipinski definition) is 1. The Morgan fingerprint density at radius 2 is 1.85 bits per heavy atom. The molecule has 0 bridgehead atoms. The van der Waals surface area contributed by atoms with Gasteiger partial charge in [-0.1, -0.05) is 0 Å². The van der Waals surface area contributed by atoms with Crippen LogP contribution >= 0.6 is 0 Å². The summed E-state index contributed by atoms with van der Waals surface area (Å²) in [5.41, 5.74) is -0.463. The first-order chi connectivity index (χ1) is 9.26. The highest BCUT2D eigenvalue weighted by atomic mass is 16.6. The van der Waals surface area contributed by atoms with Crippen molar-refractivity contribution in [2.45, 2.75) is 52.1 Å². The van der Waals surface area contributed by atoms with Gasteiger partial charge in [0.25, 0.3) is 0 Å². The van der Waals surface area contributed by atoms with E-state index in [1.54, 1.807) is 4.90 Å². The highest BCUT2D eigenvalue weighted by Gasteiger charge is 2.39. The Morgan fingerprint density at radius 3 is 2.45 bits per heavy atom. The van der Waals surface area contributed by atoms with E-state index in [2.05, 4.69) is 0 Å². The van der Waals surface area contributed by atoms with Crippen molar-refractivity contribution in [3.63, 3.8) is 0 Å². The van der Waals surface area contributed by atoms with Gasteiger partial charge in [-0.15, -0.1) is 0 Å². The number of carbonyl (C=O) groups is 2. The summed E-state index contributed by atoms with van der Waals surface area (Å²) in [5.74, 6) is 0.0257. The minimum atomic E-state index is -0.668. The molecule has 1 amide bonds.